The maximum absolute atomic E-state index is 12.6. The summed E-state index contributed by atoms with van der Waals surface area (Å²) in [5.41, 5.74) is 3.02. The van der Waals surface area contributed by atoms with Crippen LogP contribution < -0.4 is 24.3 Å². The Morgan fingerprint density at radius 1 is 0.794 bits per heavy atom. The Labute approximate surface area is 198 Å². The number of ether oxygens (including phenoxy) is 4. The highest BCUT2D eigenvalue weighted by molar-refractivity contribution is 6.07. The lowest BCUT2D eigenvalue weighted by Crippen LogP contribution is -2.20. The number of methoxy groups -OCH3 is 3. The fourth-order valence-electron chi connectivity index (χ4n) is 3.14. The van der Waals surface area contributed by atoms with Crippen LogP contribution in [0.3, 0.4) is 0 Å². The Balaban J connectivity index is 1.63. The number of anilines is 1. The van der Waals surface area contributed by atoms with Crippen molar-refractivity contribution in [3.05, 3.63) is 83.4 Å². The number of hydrogen-bond donors (Lipinski definition) is 1. The number of aryl methyl sites for hydroxylation is 1. The zero-order chi connectivity index (χ0) is 24.5. The average molecular weight is 462 g/mol. The van der Waals surface area contributed by atoms with Crippen molar-refractivity contribution in [2.45, 2.75) is 6.92 Å². The summed E-state index contributed by atoms with van der Waals surface area (Å²) < 4.78 is 21.5. The molecule has 0 aliphatic rings. The number of allylic oxidation sites excluding steroid dienone is 1. The van der Waals surface area contributed by atoms with Crippen LogP contribution in [-0.4, -0.2) is 39.6 Å². The molecule has 0 heterocycles. The molecule has 3 aromatic carbocycles. The molecular weight excluding hydrogens is 434 g/mol. The fraction of sp³-hybridized carbons (Fsp3) is 0.185. The minimum absolute atomic E-state index is 0.169. The van der Waals surface area contributed by atoms with E-state index in [0.717, 1.165) is 11.1 Å². The minimum Gasteiger partial charge on any atom is -0.493 e. The summed E-state index contributed by atoms with van der Waals surface area (Å²) in [4.78, 5) is 24.8. The highest BCUT2D eigenvalue weighted by Gasteiger charge is 2.11. The topological polar surface area (TPSA) is 83.1 Å². The van der Waals surface area contributed by atoms with E-state index in [1.54, 1.807) is 42.5 Å². The van der Waals surface area contributed by atoms with E-state index in [2.05, 4.69) is 5.32 Å². The van der Waals surface area contributed by atoms with Crippen LogP contribution in [0, 0.1) is 6.92 Å². The predicted octanol–water partition coefficient (Wildman–Crippen LogP) is 4.93. The summed E-state index contributed by atoms with van der Waals surface area (Å²) in [6.07, 6.45) is 3.14. The highest BCUT2D eigenvalue weighted by atomic mass is 16.5. The van der Waals surface area contributed by atoms with Crippen LogP contribution >= 0.6 is 0 Å². The lowest BCUT2D eigenvalue weighted by molar-refractivity contribution is -0.118. The van der Waals surface area contributed by atoms with E-state index < -0.39 is 0 Å². The largest absolute Gasteiger partial charge is 0.493 e. The first-order valence-corrected chi connectivity index (χ1v) is 10.5. The first-order chi connectivity index (χ1) is 16.4. The third-order valence-electron chi connectivity index (χ3n) is 4.98. The maximum atomic E-state index is 12.6. The third kappa shape index (κ3) is 6.38. The molecule has 1 N–H and O–H groups in total. The highest BCUT2D eigenvalue weighted by Crippen LogP contribution is 2.30. The lowest BCUT2D eigenvalue weighted by Gasteiger charge is -2.12. The Hall–Kier alpha value is -4.26. The smallest absolute Gasteiger partial charge is 0.262 e. The van der Waals surface area contributed by atoms with Crippen molar-refractivity contribution in [1.82, 2.24) is 0 Å². The minimum atomic E-state index is -0.282. The Morgan fingerprint density at radius 3 is 2.12 bits per heavy atom. The van der Waals surface area contributed by atoms with Gasteiger partial charge in [0.15, 0.2) is 35.4 Å². The third-order valence-corrected chi connectivity index (χ3v) is 4.98. The molecule has 0 aliphatic heterocycles. The van der Waals surface area contributed by atoms with Crippen molar-refractivity contribution in [1.29, 1.82) is 0 Å². The fourth-order valence-corrected chi connectivity index (χ4v) is 3.14. The SMILES string of the molecule is COc1ccc(C(=O)/C=C/c2ccc(OCC(=O)Nc3ccc(C)cc3)c(OC)c2)cc1OC. The van der Waals surface area contributed by atoms with Gasteiger partial charge < -0.3 is 24.3 Å². The van der Waals surface area contributed by atoms with Crippen molar-refractivity contribution in [2.24, 2.45) is 0 Å². The van der Waals surface area contributed by atoms with Crippen LogP contribution in [-0.2, 0) is 4.79 Å². The summed E-state index contributed by atoms with van der Waals surface area (Å²) in [5, 5.41) is 2.78. The number of hydrogen-bond acceptors (Lipinski definition) is 6. The quantitative estimate of drug-likeness (QED) is 0.340. The van der Waals surface area contributed by atoms with E-state index in [1.165, 1.54) is 27.4 Å². The normalized spacial score (nSPS) is 10.6. The molecule has 0 saturated heterocycles. The molecule has 176 valence electrons. The molecule has 0 unspecified atom stereocenters. The summed E-state index contributed by atoms with van der Waals surface area (Å²) >= 11 is 0. The van der Waals surface area contributed by atoms with Gasteiger partial charge in [-0.25, -0.2) is 0 Å². The van der Waals surface area contributed by atoms with Crippen molar-refractivity contribution in [3.63, 3.8) is 0 Å². The van der Waals surface area contributed by atoms with Gasteiger partial charge in [-0.1, -0.05) is 29.8 Å². The predicted molar refractivity (Wildman–Crippen MR) is 131 cm³/mol. The number of carbonyl (C=O) groups excluding carboxylic acids is 2. The molecule has 0 aliphatic carbocycles. The second-order valence-corrected chi connectivity index (χ2v) is 7.38. The average Bonchev–Trinajstić information content (AvgIpc) is 2.87. The van der Waals surface area contributed by atoms with Crippen molar-refractivity contribution in [3.8, 4) is 23.0 Å². The molecule has 0 atom stereocenters. The number of ketones is 1. The van der Waals surface area contributed by atoms with Gasteiger partial charge in [-0.3, -0.25) is 9.59 Å². The summed E-state index contributed by atoms with van der Waals surface area (Å²) in [5.74, 6) is 1.43. The van der Waals surface area contributed by atoms with E-state index in [9.17, 15) is 9.59 Å². The first-order valence-electron chi connectivity index (χ1n) is 10.5. The molecule has 0 saturated carbocycles. The second-order valence-electron chi connectivity index (χ2n) is 7.38. The Morgan fingerprint density at radius 2 is 1.44 bits per heavy atom. The molecule has 0 bridgehead atoms. The van der Waals surface area contributed by atoms with Crippen LogP contribution in [0.15, 0.2) is 66.7 Å². The van der Waals surface area contributed by atoms with Gasteiger partial charge >= 0.3 is 0 Å². The molecule has 0 radical (unpaired) electrons. The first kappa shape index (κ1) is 24.4. The van der Waals surface area contributed by atoms with Crippen molar-refractivity contribution < 1.29 is 28.5 Å². The molecular formula is C27H27NO6. The molecule has 1 amide bonds. The number of carbonyl (C=O) groups is 2. The van der Waals surface area contributed by atoms with E-state index in [-0.39, 0.29) is 18.3 Å². The van der Waals surface area contributed by atoms with Crippen LogP contribution in [0.2, 0.25) is 0 Å². The monoisotopic (exact) mass is 461 g/mol. The summed E-state index contributed by atoms with van der Waals surface area (Å²) in [6, 6.07) is 17.7. The molecule has 7 nitrogen and oxygen atoms in total. The van der Waals surface area contributed by atoms with E-state index in [1.807, 2.05) is 31.2 Å². The Bertz CT molecular complexity index is 1180. The molecule has 7 heteroatoms. The summed E-state index contributed by atoms with van der Waals surface area (Å²) in [6.45, 7) is 1.81. The second kappa shape index (κ2) is 11.6. The molecule has 34 heavy (non-hydrogen) atoms. The molecule has 3 rings (SSSR count). The summed E-state index contributed by atoms with van der Waals surface area (Å²) in [7, 11) is 4.57. The van der Waals surface area contributed by atoms with Crippen LogP contribution in [0.25, 0.3) is 6.08 Å². The standard InChI is InChI=1S/C27H27NO6/c1-18-5-10-21(11-6-18)28-27(30)17-34-24-13-8-19(15-25(24)32-3)7-12-22(29)20-9-14-23(31-2)26(16-20)33-4/h5-16H,17H2,1-4H3,(H,28,30)/b12-7+. The number of nitrogens with one attached hydrogen (secondary N) is 1. The van der Waals surface area contributed by atoms with Gasteiger partial charge in [0.05, 0.1) is 21.3 Å². The van der Waals surface area contributed by atoms with Gasteiger partial charge in [-0.2, -0.15) is 0 Å². The van der Waals surface area contributed by atoms with Crippen LogP contribution in [0.5, 0.6) is 23.0 Å². The molecule has 0 fully saturated rings. The Kier molecular flexibility index (Phi) is 8.29. The number of benzene rings is 3. The molecule has 0 spiro atoms. The van der Waals surface area contributed by atoms with Crippen molar-refractivity contribution >= 4 is 23.5 Å². The van der Waals surface area contributed by atoms with Gasteiger partial charge in [-0.05, 0) is 61.0 Å². The van der Waals surface area contributed by atoms with Gasteiger partial charge in [0.1, 0.15) is 0 Å². The zero-order valence-electron chi connectivity index (χ0n) is 19.6. The van der Waals surface area contributed by atoms with Gasteiger partial charge in [0, 0.05) is 11.3 Å². The number of rotatable bonds is 10. The zero-order valence-corrected chi connectivity index (χ0v) is 19.6. The van der Waals surface area contributed by atoms with Crippen LogP contribution in [0.1, 0.15) is 21.5 Å². The van der Waals surface area contributed by atoms with E-state index in [4.69, 9.17) is 18.9 Å². The van der Waals surface area contributed by atoms with Gasteiger partial charge in [0.25, 0.3) is 5.91 Å². The molecule has 0 aromatic heterocycles. The van der Waals surface area contributed by atoms with Gasteiger partial charge in [0.2, 0.25) is 0 Å². The van der Waals surface area contributed by atoms with Gasteiger partial charge in [-0.15, -0.1) is 0 Å². The lowest BCUT2D eigenvalue weighted by atomic mass is 10.1. The maximum Gasteiger partial charge on any atom is 0.262 e. The van der Waals surface area contributed by atoms with E-state index in [0.29, 0.717) is 34.2 Å². The van der Waals surface area contributed by atoms with E-state index >= 15 is 0 Å². The van der Waals surface area contributed by atoms with Crippen LogP contribution in [0.4, 0.5) is 5.69 Å². The van der Waals surface area contributed by atoms with Crippen molar-refractivity contribution in [2.75, 3.05) is 33.3 Å². The number of amides is 1. The molecule has 3 aromatic rings.